The highest BCUT2D eigenvalue weighted by molar-refractivity contribution is 7.98. The van der Waals surface area contributed by atoms with Crippen molar-refractivity contribution in [2.75, 3.05) is 6.26 Å². The van der Waals surface area contributed by atoms with Gasteiger partial charge in [-0.05, 0) is 18.4 Å². The molecule has 0 fully saturated rings. The molecule has 1 N–H and O–H groups in total. The number of hydrogen-bond acceptors (Lipinski definition) is 7. The predicted octanol–water partition coefficient (Wildman–Crippen LogP) is 1.81. The van der Waals surface area contributed by atoms with E-state index in [1.807, 2.05) is 0 Å². The van der Waals surface area contributed by atoms with Crippen molar-refractivity contribution in [1.29, 1.82) is 10.5 Å². The number of H-pyrrole nitrogens is 1. The van der Waals surface area contributed by atoms with Gasteiger partial charge in [0.2, 0.25) is 0 Å². The first-order valence-electron chi connectivity index (χ1n) is 5.79. The Labute approximate surface area is 128 Å². The second-order valence-corrected chi connectivity index (χ2v) is 4.81. The third-order valence-corrected chi connectivity index (χ3v) is 3.37. The standard InChI is InChI=1S/C13H7N5O3S/c1-22-13-16-11(9(6-15)12(19)17-13)7-2-3-10(18(20)21)8(4-7)5-14/h2-4H,1H3,(H,16,17,19). The van der Waals surface area contributed by atoms with Gasteiger partial charge in [-0.3, -0.25) is 14.9 Å². The van der Waals surface area contributed by atoms with Gasteiger partial charge in [0.05, 0.1) is 10.6 Å². The number of nitrogens with zero attached hydrogens (tertiary/aromatic N) is 4. The number of hydrogen-bond donors (Lipinski definition) is 1. The number of nitriles is 2. The fraction of sp³-hybridized carbons (Fsp3) is 0.0769. The fourth-order valence-electron chi connectivity index (χ4n) is 1.79. The van der Waals surface area contributed by atoms with Crippen molar-refractivity contribution < 1.29 is 4.92 Å². The molecule has 1 heterocycles. The van der Waals surface area contributed by atoms with Crippen LogP contribution in [0.5, 0.6) is 0 Å². The Morgan fingerprint density at radius 2 is 2.09 bits per heavy atom. The number of nitro groups is 1. The van der Waals surface area contributed by atoms with Gasteiger partial charge in [0.25, 0.3) is 11.2 Å². The molecule has 2 aromatic rings. The minimum atomic E-state index is -0.675. The van der Waals surface area contributed by atoms with E-state index in [9.17, 15) is 14.9 Å². The summed E-state index contributed by atoms with van der Waals surface area (Å²) >= 11 is 1.18. The van der Waals surface area contributed by atoms with Crippen LogP contribution < -0.4 is 5.56 Å². The molecular formula is C13H7N5O3S. The van der Waals surface area contributed by atoms with E-state index >= 15 is 0 Å². The number of nitrogens with one attached hydrogen (secondary N) is 1. The van der Waals surface area contributed by atoms with Crippen molar-refractivity contribution in [3.63, 3.8) is 0 Å². The van der Waals surface area contributed by atoms with Gasteiger partial charge in [0, 0.05) is 11.6 Å². The number of aromatic nitrogens is 2. The van der Waals surface area contributed by atoms with Crippen LogP contribution >= 0.6 is 11.8 Å². The molecule has 0 aliphatic carbocycles. The zero-order valence-corrected chi connectivity index (χ0v) is 12.0. The summed E-state index contributed by atoms with van der Waals surface area (Å²) < 4.78 is 0. The SMILES string of the molecule is CSc1nc(-c2ccc([N+](=O)[O-])c(C#N)c2)c(C#N)c(=O)[nH]1. The summed E-state index contributed by atoms with van der Waals surface area (Å²) in [6.07, 6.45) is 1.70. The molecule has 0 radical (unpaired) electrons. The van der Waals surface area contributed by atoms with Crippen molar-refractivity contribution >= 4 is 17.4 Å². The molecule has 0 saturated heterocycles. The third-order valence-electron chi connectivity index (χ3n) is 2.79. The summed E-state index contributed by atoms with van der Waals surface area (Å²) in [5.74, 6) is 0. The van der Waals surface area contributed by atoms with Gasteiger partial charge < -0.3 is 4.98 Å². The Bertz CT molecular complexity index is 907. The molecule has 2 rings (SSSR count). The highest BCUT2D eigenvalue weighted by atomic mass is 32.2. The molecule has 22 heavy (non-hydrogen) atoms. The van der Waals surface area contributed by atoms with Crippen LogP contribution in [0, 0.1) is 32.8 Å². The molecule has 1 aromatic carbocycles. The number of rotatable bonds is 3. The maximum absolute atomic E-state index is 11.8. The molecule has 8 nitrogen and oxygen atoms in total. The Balaban J connectivity index is 2.75. The monoisotopic (exact) mass is 313 g/mol. The summed E-state index contributed by atoms with van der Waals surface area (Å²) in [6, 6.07) is 7.22. The van der Waals surface area contributed by atoms with E-state index in [1.165, 1.54) is 23.9 Å². The quantitative estimate of drug-likeness (QED) is 0.395. The van der Waals surface area contributed by atoms with Crippen molar-refractivity contribution in [3.8, 4) is 23.4 Å². The fourth-order valence-corrected chi connectivity index (χ4v) is 2.17. The summed E-state index contributed by atoms with van der Waals surface area (Å²) in [6.45, 7) is 0. The van der Waals surface area contributed by atoms with Gasteiger partial charge in [-0.15, -0.1) is 0 Å². The topological polar surface area (TPSA) is 136 Å². The highest BCUT2D eigenvalue weighted by Gasteiger charge is 2.18. The van der Waals surface area contributed by atoms with Crippen LogP contribution in [0.3, 0.4) is 0 Å². The zero-order chi connectivity index (χ0) is 16.3. The van der Waals surface area contributed by atoms with Crippen molar-refractivity contribution in [3.05, 3.63) is 49.8 Å². The van der Waals surface area contributed by atoms with Crippen LogP contribution in [0.15, 0.2) is 28.2 Å². The van der Waals surface area contributed by atoms with Crippen molar-refractivity contribution in [1.82, 2.24) is 9.97 Å². The first kappa shape index (κ1) is 15.2. The summed E-state index contributed by atoms with van der Waals surface area (Å²) in [4.78, 5) is 28.6. The molecule has 0 spiro atoms. The average Bonchev–Trinajstić information content (AvgIpc) is 2.53. The van der Waals surface area contributed by atoms with E-state index in [0.29, 0.717) is 10.7 Å². The van der Waals surface area contributed by atoms with Crippen LogP contribution in [0.2, 0.25) is 0 Å². The van der Waals surface area contributed by atoms with Crippen LogP contribution in [-0.2, 0) is 0 Å². The average molecular weight is 313 g/mol. The second kappa shape index (κ2) is 6.08. The molecule has 9 heteroatoms. The Morgan fingerprint density at radius 1 is 1.36 bits per heavy atom. The molecule has 0 saturated carbocycles. The number of thioether (sulfide) groups is 1. The van der Waals surface area contributed by atoms with Gasteiger partial charge in [-0.2, -0.15) is 10.5 Å². The minimum Gasteiger partial charge on any atom is -0.300 e. The van der Waals surface area contributed by atoms with Crippen molar-refractivity contribution in [2.45, 2.75) is 5.16 Å². The number of nitro benzene ring substituents is 1. The largest absolute Gasteiger partial charge is 0.300 e. The molecule has 0 aliphatic heterocycles. The summed E-state index contributed by atoms with van der Waals surface area (Å²) in [5, 5.41) is 29.2. The van der Waals surface area contributed by atoms with Crippen LogP contribution in [0.1, 0.15) is 11.1 Å². The van der Waals surface area contributed by atoms with E-state index < -0.39 is 10.5 Å². The lowest BCUT2D eigenvalue weighted by molar-refractivity contribution is -0.385. The van der Waals surface area contributed by atoms with Gasteiger partial charge in [0.1, 0.15) is 23.3 Å². The van der Waals surface area contributed by atoms with Crippen LogP contribution in [0.4, 0.5) is 5.69 Å². The van der Waals surface area contributed by atoms with Crippen molar-refractivity contribution in [2.24, 2.45) is 0 Å². The molecule has 1 aromatic heterocycles. The predicted molar refractivity (Wildman–Crippen MR) is 78.2 cm³/mol. The zero-order valence-electron chi connectivity index (χ0n) is 11.2. The van der Waals surface area contributed by atoms with Gasteiger partial charge in [-0.1, -0.05) is 11.8 Å². The third kappa shape index (κ3) is 2.66. The van der Waals surface area contributed by atoms with E-state index in [0.717, 1.165) is 6.07 Å². The van der Waals surface area contributed by atoms with E-state index in [4.69, 9.17) is 10.5 Å². The smallest absolute Gasteiger partial charge is 0.287 e. The Morgan fingerprint density at radius 3 is 2.64 bits per heavy atom. The molecule has 0 aliphatic rings. The first-order chi connectivity index (χ1) is 10.5. The minimum absolute atomic E-state index is 0.0852. The Hall–Kier alpha value is -3.17. The van der Waals surface area contributed by atoms with E-state index in [2.05, 4.69) is 9.97 Å². The van der Waals surface area contributed by atoms with Gasteiger partial charge in [0.15, 0.2) is 5.16 Å². The number of aromatic amines is 1. The molecule has 0 amide bonds. The molecule has 108 valence electrons. The first-order valence-corrected chi connectivity index (χ1v) is 7.01. The van der Waals surface area contributed by atoms with E-state index in [-0.39, 0.29) is 22.5 Å². The van der Waals surface area contributed by atoms with Crippen LogP contribution in [-0.4, -0.2) is 21.1 Å². The summed E-state index contributed by atoms with van der Waals surface area (Å²) in [7, 11) is 0. The van der Waals surface area contributed by atoms with Crippen LogP contribution in [0.25, 0.3) is 11.3 Å². The molecule has 0 atom stereocenters. The number of benzene rings is 1. The molecule has 0 bridgehead atoms. The van der Waals surface area contributed by atoms with Gasteiger partial charge in [-0.25, -0.2) is 4.98 Å². The highest BCUT2D eigenvalue weighted by Crippen LogP contribution is 2.26. The lowest BCUT2D eigenvalue weighted by Gasteiger charge is -2.05. The maximum Gasteiger partial charge on any atom is 0.287 e. The molecular weight excluding hydrogens is 306 g/mol. The van der Waals surface area contributed by atoms with E-state index in [1.54, 1.807) is 18.4 Å². The summed E-state index contributed by atoms with van der Waals surface area (Å²) in [5.41, 5.74) is -0.954. The lowest BCUT2D eigenvalue weighted by atomic mass is 10.0. The lowest BCUT2D eigenvalue weighted by Crippen LogP contribution is -2.14. The normalized spacial score (nSPS) is 9.77. The Kier molecular flexibility index (Phi) is 4.20. The maximum atomic E-state index is 11.8. The molecule has 0 unspecified atom stereocenters. The second-order valence-electron chi connectivity index (χ2n) is 4.01. The van der Waals surface area contributed by atoms with Gasteiger partial charge >= 0.3 is 0 Å².